The minimum Gasteiger partial charge on any atom is -0.622 e. The highest BCUT2D eigenvalue weighted by atomic mass is 32.2. The Labute approximate surface area is 160 Å². The smallest absolute Gasteiger partial charge is 0.414 e. The fourth-order valence-electron chi connectivity index (χ4n) is 3.50. The molecule has 1 aliphatic carbocycles. The summed E-state index contributed by atoms with van der Waals surface area (Å²) >= 11 is -0.289. The molecule has 2 fully saturated rings. The van der Waals surface area contributed by atoms with Crippen LogP contribution in [0.15, 0.2) is 4.34 Å². The first-order valence-electron chi connectivity index (χ1n) is 8.69. The molecule has 3 atom stereocenters. The van der Waals surface area contributed by atoms with Crippen molar-refractivity contribution in [1.29, 1.82) is 0 Å². The molecule has 0 bridgehead atoms. The lowest BCUT2D eigenvalue weighted by atomic mass is 9.95. The van der Waals surface area contributed by atoms with Crippen LogP contribution in [0.5, 0.6) is 0 Å². The standard InChI is InChI=1S/C15H25N5O4S2/c1-18-9-12(24-15(21)19(2)11-7-5-4-6-8-11)20(22,10-18)13-16-17-14(25-13)26(3)23/h11-12H,4-10H2,1-3H3. The lowest BCUT2D eigenvalue weighted by Crippen LogP contribution is -2.52. The van der Waals surface area contributed by atoms with Gasteiger partial charge in [-0.05, 0) is 19.9 Å². The van der Waals surface area contributed by atoms with Crippen molar-refractivity contribution in [3.05, 3.63) is 5.21 Å². The van der Waals surface area contributed by atoms with Crippen molar-refractivity contribution in [1.82, 2.24) is 24.6 Å². The first-order chi connectivity index (χ1) is 12.3. The highest BCUT2D eigenvalue weighted by molar-refractivity contribution is 7.92. The fraction of sp³-hybridized carbons (Fsp3) is 0.800. The Morgan fingerprint density at radius 3 is 2.69 bits per heavy atom. The fourth-order valence-corrected chi connectivity index (χ4v) is 5.00. The number of hydrogen-bond donors (Lipinski definition) is 0. The number of likely N-dealkylation sites (N-methyl/N-ethyl adjacent to an activating group) is 1. The van der Waals surface area contributed by atoms with E-state index in [0.29, 0.717) is 10.9 Å². The third-order valence-electron chi connectivity index (χ3n) is 5.00. The Morgan fingerprint density at radius 2 is 2.08 bits per heavy atom. The van der Waals surface area contributed by atoms with Crippen LogP contribution in [-0.2, 0) is 15.9 Å². The molecular weight excluding hydrogens is 378 g/mol. The topological polar surface area (TPSA) is 105 Å². The Hall–Kier alpha value is -0.980. The van der Waals surface area contributed by atoms with Crippen LogP contribution in [0, 0.1) is 5.21 Å². The second kappa shape index (κ2) is 7.95. The zero-order valence-corrected chi connectivity index (χ0v) is 16.9. The zero-order chi connectivity index (χ0) is 18.9. The summed E-state index contributed by atoms with van der Waals surface area (Å²) in [6, 6.07) is 0.166. The number of hydroxylamine groups is 2. The molecular formula is C15H25N5O4S2. The van der Waals surface area contributed by atoms with Gasteiger partial charge in [0.05, 0.1) is 6.54 Å². The van der Waals surface area contributed by atoms with Gasteiger partial charge >= 0.3 is 15.6 Å². The van der Waals surface area contributed by atoms with Crippen molar-refractivity contribution < 1.29 is 14.1 Å². The predicted octanol–water partition coefficient (Wildman–Crippen LogP) is 1.71. The van der Waals surface area contributed by atoms with Gasteiger partial charge in [-0.25, -0.2) is 9.69 Å². The van der Waals surface area contributed by atoms with Gasteiger partial charge in [0.15, 0.2) is 0 Å². The number of rotatable bonds is 4. The van der Waals surface area contributed by atoms with Gasteiger partial charge in [-0.2, -0.15) is 0 Å². The Bertz CT molecular complexity index is 639. The van der Waals surface area contributed by atoms with Crippen LogP contribution < -0.4 is 4.65 Å². The van der Waals surface area contributed by atoms with Gasteiger partial charge in [0, 0.05) is 35.6 Å². The zero-order valence-electron chi connectivity index (χ0n) is 15.3. The van der Waals surface area contributed by atoms with Crippen LogP contribution >= 0.6 is 11.3 Å². The predicted molar refractivity (Wildman–Crippen MR) is 99.8 cm³/mol. The summed E-state index contributed by atoms with van der Waals surface area (Å²) in [5, 5.41) is 21.3. The molecule has 1 saturated heterocycles. The number of carbonyl (C=O) groups excluding carboxylic acids is 1. The molecule has 3 unspecified atom stereocenters. The second-order valence-electron chi connectivity index (χ2n) is 7.02. The van der Waals surface area contributed by atoms with Crippen LogP contribution in [0.3, 0.4) is 0 Å². The van der Waals surface area contributed by atoms with E-state index in [1.54, 1.807) is 23.9 Å². The molecule has 9 nitrogen and oxygen atoms in total. The van der Waals surface area contributed by atoms with Crippen LogP contribution in [-0.4, -0.2) is 76.5 Å². The molecule has 2 heterocycles. The van der Waals surface area contributed by atoms with Gasteiger partial charge in [-0.3, -0.25) is 4.65 Å². The van der Waals surface area contributed by atoms with Crippen molar-refractivity contribution in [2.45, 2.75) is 48.7 Å². The number of carbonyl (C=O) groups is 1. The molecule has 0 N–H and O–H groups in total. The number of hydrogen-bond acceptors (Lipinski definition) is 8. The summed E-state index contributed by atoms with van der Waals surface area (Å²) in [6.45, 7) is 0.425. The summed E-state index contributed by atoms with van der Waals surface area (Å²) in [5.74, 6) is 0. The van der Waals surface area contributed by atoms with E-state index in [-0.39, 0.29) is 17.8 Å². The Balaban J connectivity index is 1.73. The van der Waals surface area contributed by atoms with Gasteiger partial charge in [0.25, 0.3) is 6.23 Å². The maximum atomic E-state index is 13.4. The molecule has 1 amide bonds. The Morgan fingerprint density at radius 1 is 1.38 bits per heavy atom. The molecule has 1 aliphatic heterocycles. The third-order valence-corrected chi connectivity index (χ3v) is 7.35. The van der Waals surface area contributed by atoms with Gasteiger partial charge in [-0.15, -0.1) is 0 Å². The molecule has 146 valence electrons. The van der Waals surface area contributed by atoms with Crippen molar-refractivity contribution in [3.8, 4) is 0 Å². The first kappa shape index (κ1) is 19.8. The molecule has 1 saturated carbocycles. The summed E-state index contributed by atoms with van der Waals surface area (Å²) in [7, 11) is 3.53. The molecule has 0 spiro atoms. The van der Waals surface area contributed by atoms with Crippen LogP contribution in [0.1, 0.15) is 32.1 Å². The van der Waals surface area contributed by atoms with Gasteiger partial charge in [0.1, 0.15) is 12.9 Å². The molecule has 2 aliphatic rings. The van der Waals surface area contributed by atoms with E-state index in [4.69, 9.17) is 4.74 Å². The van der Waals surface area contributed by atoms with Gasteiger partial charge in [0.2, 0.25) is 0 Å². The van der Waals surface area contributed by atoms with E-state index in [0.717, 1.165) is 37.0 Å². The monoisotopic (exact) mass is 403 g/mol. The summed E-state index contributed by atoms with van der Waals surface area (Å²) < 4.78 is 16.6. The van der Waals surface area contributed by atoms with Gasteiger partial charge < -0.3 is 19.4 Å². The molecule has 3 rings (SSSR count). The first-order valence-corrected chi connectivity index (χ1v) is 11.1. The average molecular weight is 404 g/mol. The van der Waals surface area contributed by atoms with E-state index in [9.17, 15) is 14.6 Å². The van der Waals surface area contributed by atoms with E-state index in [2.05, 4.69) is 10.2 Å². The number of ether oxygens (including phenoxy) is 1. The lowest BCUT2D eigenvalue weighted by Gasteiger charge is -2.39. The van der Waals surface area contributed by atoms with E-state index >= 15 is 0 Å². The minimum atomic E-state index is -1.30. The van der Waals surface area contributed by atoms with Crippen LogP contribution in [0.25, 0.3) is 0 Å². The number of aromatic nitrogens is 2. The molecule has 11 heteroatoms. The molecule has 1 aromatic rings. The lowest BCUT2D eigenvalue weighted by molar-refractivity contribution is 0.0162. The van der Waals surface area contributed by atoms with E-state index < -0.39 is 28.1 Å². The molecule has 1 aromatic heterocycles. The van der Waals surface area contributed by atoms with Crippen molar-refractivity contribution in [3.63, 3.8) is 0 Å². The molecule has 26 heavy (non-hydrogen) atoms. The van der Waals surface area contributed by atoms with E-state index in [1.807, 2.05) is 0 Å². The van der Waals surface area contributed by atoms with Crippen LogP contribution in [0.2, 0.25) is 0 Å². The third kappa shape index (κ3) is 3.97. The summed E-state index contributed by atoms with van der Waals surface area (Å²) in [5.41, 5.74) is 0. The maximum absolute atomic E-state index is 13.4. The normalized spacial score (nSPS) is 28.9. The highest BCUT2D eigenvalue weighted by Gasteiger charge is 2.46. The number of amides is 1. The summed E-state index contributed by atoms with van der Waals surface area (Å²) in [6.07, 6.45) is 5.46. The number of nitrogens with zero attached hydrogens (tertiary/aromatic N) is 5. The van der Waals surface area contributed by atoms with Crippen LogP contribution in [0.4, 0.5) is 9.93 Å². The van der Waals surface area contributed by atoms with Crippen molar-refractivity contribution in [2.24, 2.45) is 0 Å². The molecule has 0 aromatic carbocycles. The number of quaternary nitrogens is 1. The highest BCUT2D eigenvalue weighted by Crippen LogP contribution is 2.35. The van der Waals surface area contributed by atoms with Crippen molar-refractivity contribution in [2.75, 3.05) is 33.6 Å². The summed E-state index contributed by atoms with van der Waals surface area (Å²) in [4.78, 5) is 16.0. The quantitative estimate of drug-likeness (QED) is 0.428. The maximum Gasteiger partial charge on any atom is 0.414 e. The van der Waals surface area contributed by atoms with Gasteiger partial charge in [-0.1, -0.05) is 29.5 Å². The second-order valence-corrected chi connectivity index (χ2v) is 9.53. The Kier molecular flexibility index (Phi) is 6.04. The minimum absolute atomic E-state index is 0.107. The largest absolute Gasteiger partial charge is 0.622 e. The SMILES string of the molecule is CN1CC(OC(=O)N(C)C2CCCCC2)[N+]([O-])(c2nnc([S+](C)[O-])s2)C1. The average Bonchev–Trinajstić information content (AvgIpc) is 3.21. The molecule has 0 radical (unpaired) electrons. The van der Waals surface area contributed by atoms with Crippen molar-refractivity contribution >= 4 is 33.7 Å². The van der Waals surface area contributed by atoms with E-state index in [1.165, 1.54) is 12.7 Å².